The van der Waals surface area contributed by atoms with E-state index in [0.717, 1.165) is 0 Å². The summed E-state index contributed by atoms with van der Waals surface area (Å²) in [6.07, 6.45) is 0. The average molecular weight is 415 g/mol. The van der Waals surface area contributed by atoms with Crippen molar-refractivity contribution in [2.45, 2.75) is 0 Å². The third-order valence-electron chi connectivity index (χ3n) is 2.54. The molecule has 0 saturated carbocycles. The van der Waals surface area contributed by atoms with Crippen molar-refractivity contribution < 1.29 is 50.7 Å². The second-order valence-electron chi connectivity index (χ2n) is 3.32. The first-order chi connectivity index (χ1) is 6.45. The zero-order chi connectivity index (χ0) is 8.67. The van der Waals surface area contributed by atoms with Crippen LogP contribution >= 0.6 is 0 Å². The van der Waals surface area contributed by atoms with Crippen molar-refractivity contribution >= 4 is 21.5 Å². The van der Waals surface area contributed by atoms with Crippen LogP contribution in [0, 0.1) is 0 Å². The molecule has 0 saturated heterocycles. The molecule has 0 unspecified atom stereocenters. The van der Waals surface area contributed by atoms with Gasteiger partial charge in [0.05, 0.1) is 0 Å². The van der Waals surface area contributed by atoms with Gasteiger partial charge in [-0.15, -0.1) is 22.9 Å². The topological polar surface area (TPSA) is 0 Å². The smallest absolute Gasteiger partial charge is 0 e. The molecule has 16 heavy (non-hydrogen) atoms. The van der Waals surface area contributed by atoms with E-state index in [2.05, 4.69) is 54.6 Å². The summed E-state index contributed by atoms with van der Waals surface area (Å²) in [5, 5.41) is 5.36. The Bertz CT molecular complexity index is 572. The van der Waals surface area contributed by atoms with Gasteiger partial charge in [0.25, 0.3) is 0 Å². The van der Waals surface area contributed by atoms with Crippen LogP contribution in [0.15, 0.2) is 54.6 Å². The van der Waals surface area contributed by atoms with Gasteiger partial charge in [-0.3, -0.25) is 0 Å². The largest absolute Gasteiger partial charge is 1.00 e. The van der Waals surface area contributed by atoms with Crippen LogP contribution in [0.25, 0.3) is 21.5 Å². The Morgan fingerprint density at radius 2 is 1.50 bits per heavy atom. The van der Waals surface area contributed by atoms with Crippen molar-refractivity contribution in [1.82, 2.24) is 0 Å². The number of fused-ring (bicyclic) bond motifs is 3. The predicted octanol–water partition coefficient (Wildman–Crippen LogP) is -2.28. The van der Waals surface area contributed by atoms with E-state index in [4.69, 9.17) is 0 Å². The Labute approximate surface area is 126 Å². The van der Waals surface area contributed by atoms with Crippen LogP contribution in [0.4, 0.5) is 0 Å². The molecule has 0 fully saturated rings. The number of rotatable bonds is 0. The van der Waals surface area contributed by atoms with Crippen molar-refractivity contribution in [3.05, 3.63) is 54.6 Å². The molecule has 0 N–H and O–H groups in total. The van der Waals surface area contributed by atoms with Gasteiger partial charge in [0.15, 0.2) is 0 Å². The zero-order valence-corrected chi connectivity index (χ0v) is 13.6. The molecule has 0 spiro atoms. The molecular formula is C13H9Cl2Hf-3. The minimum absolute atomic E-state index is 0. The maximum Gasteiger partial charge on any atom is 0 e. The normalized spacial score (nSPS) is 9.00. The van der Waals surface area contributed by atoms with E-state index in [1.165, 1.54) is 21.5 Å². The van der Waals surface area contributed by atoms with Gasteiger partial charge in [0, 0.05) is 25.8 Å². The van der Waals surface area contributed by atoms with Crippen LogP contribution in [-0.2, 0) is 25.8 Å². The SMILES string of the molecule is [Cl-].[Cl-].[Hf].c1ccc2c(c1)ccc1[cH-]ccc12. The molecule has 0 atom stereocenters. The first-order valence-electron chi connectivity index (χ1n) is 4.48. The molecule has 0 aliphatic rings. The fraction of sp³-hybridized carbons (Fsp3) is 0. The van der Waals surface area contributed by atoms with Crippen molar-refractivity contribution in [2.24, 2.45) is 0 Å². The molecule has 0 heterocycles. The number of benzene rings is 2. The quantitative estimate of drug-likeness (QED) is 0.287. The standard InChI is InChI=1S/C13H9.2ClH.Hf/c1-2-6-12-10(4-1)8-9-11-5-3-7-13(11)12;;;/h1-9H;2*1H;/q-1;;;/p-2. The second kappa shape index (κ2) is 6.48. The summed E-state index contributed by atoms with van der Waals surface area (Å²) in [5.74, 6) is 0. The molecule has 0 nitrogen and oxygen atoms in total. The van der Waals surface area contributed by atoms with Crippen molar-refractivity contribution in [2.75, 3.05) is 0 Å². The summed E-state index contributed by atoms with van der Waals surface area (Å²) >= 11 is 0. The molecule has 0 aliphatic heterocycles. The Hall–Kier alpha value is -0.240. The van der Waals surface area contributed by atoms with E-state index in [9.17, 15) is 0 Å². The van der Waals surface area contributed by atoms with Crippen molar-refractivity contribution in [1.29, 1.82) is 0 Å². The minimum Gasteiger partial charge on any atom is -1.00 e. The van der Waals surface area contributed by atoms with Crippen LogP contribution in [0.1, 0.15) is 0 Å². The van der Waals surface area contributed by atoms with E-state index in [-0.39, 0.29) is 50.7 Å². The molecule has 0 aromatic heterocycles. The van der Waals surface area contributed by atoms with Gasteiger partial charge in [0.1, 0.15) is 0 Å². The van der Waals surface area contributed by atoms with E-state index in [1.54, 1.807) is 0 Å². The molecule has 3 rings (SSSR count). The fourth-order valence-corrected chi connectivity index (χ4v) is 1.89. The van der Waals surface area contributed by atoms with E-state index in [1.807, 2.05) is 0 Å². The van der Waals surface area contributed by atoms with Gasteiger partial charge in [-0.1, -0.05) is 35.7 Å². The Balaban J connectivity index is 0.000000750. The number of halogens is 2. The molecule has 3 aromatic rings. The van der Waals surface area contributed by atoms with E-state index >= 15 is 0 Å². The third kappa shape index (κ3) is 2.53. The maximum absolute atomic E-state index is 2.18. The van der Waals surface area contributed by atoms with Crippen molar-refractivity contribution in [3.63, 3.8) is 0 Å². The molecule has 0 aliphatic carbocycles. The summed E-state index contributed by atoms with van der Waals surface area (Å²) in [7, 11) is 0. The first-order valence-corrected chi connectivity index (χ1v) is 4.48. The molecule has 3 aromatic carbocycles. The van der Waals surface area contributed by atoms with Gasteiger partial charge in [-0.2, -0.15) is 12.1 Å². The molecule has 0 radical (unpaired) electrons. The Morgan fingerprint density at radius 3 is 2.31 bits per heavy atom. The summed E-state index contributed by atoms with van der Waals surface area (Å²) in [6, 6.07) is 19.3. The van der Waals surface area contributed by atoms with Crippen LogP contribution in [-0.4, -0.2) is 0 Å². The van der Waals surface area contributed by atoms with Gasteiger partial charge >= 0.3 is 0 Å². The van der Waals surface area contributed by atoms with Crippen molar-refractivity contribution in [3.8, 4) is 0 Å². The monoisotopic (exact) mass is 415 g/mol. The average Bonchev–Trinajstić information content (AvgIpc) is 2.65. The molecule has 3 heteroatoms. The van der Waals surface area contributed by atoms with Gasteiger partial charge < -0.3 is 24.8 Å². The van der Waals surface area contributed by atoms with Crippen LogP contribution in [0.5, 0.6) is 0 Å². The van der Waals surface area contributed by atoms with Crippen LogP contribution in [0.2, 0.25) is 0 Å². The summed E-state index contributed by atoms with van der Waals surface area (Å²) in [6.45, 7) is 0. The predicted molar refractivity (Wildman–Crippen MR) is 57.0 cm³/mol. The first kappa shape index (κ1) is 15.8. The van der Waals surface area contributed by atoms with Crippen LogP contribution < -0.4 is 24.8 Å². The van der Waals surface area contributed by atoms with Gasteiger partial charge in [0.2, 0.25) is 0 Å². The third-order valence-corrected chi connectivity index (χ3v) is 2.54. The molecule has 0 bridgehead atoms. The van der Waals surface area contributed by atoms with Gasteiger partial charge in [-0.25, -0.2) is 0 Å². The van der Waals surface area contributed by atoms with Gasteiger partial charge in [-0.05, 0) is 5.39 Å². The van der Waals surface area contributed by atoms with E-state index in [0.29, 0.717) is 0 Å². The maximum atomic E-state index is 2.18. The minimum atomic E-state index is 0. The van der Waals surface area contributed by atoms with Crippen LogP contribution in [0.3, 0.4) is 0 Å². The molecular weight excluding hydrogens is 406 g/mol. The Kier molecular flexibility index (Phi) is 6.39. The second-order valence-corrected chi connectivity index (χ2v) is 3.32. The number of hydrogen-bond donors (Lipinski definition) is 0. The Morgan fingerprint density at radius 1 is 0.750 bits per heavy atom. The number of hydrogen-bond acceptors (Lipinski definition) is 0. The molecule has 82 valence electrons. The summed E-state index contributed by atoms with van der Waals surface area (Å²) in [5.41, 5.74) is 0. The fourth-order valence-electron chi connectivity index (χ4n) is 1.89. The summed E-state index contributed by atoms with van der Waals surface area (Å²) < 4.78 is 0. The molecule has 0 amide bonds. The zero-order valence-electron chi connectivity index (χ0n) is 8.45. The van der Waals surface area contributed by atoms with E-state index < -0.39 is 0 Å². The summed E-state index contributed by atoms with van der Waals surface area (Å²) in [4.78, 5) is 0.